The number of amides is 1. The normalized spacial score (nSPS) is 14.0. The van der Waals surface area contributed by atoms with Crippen molar-refractivity contribution < 1.29 is 17.4 Å². The van der Waals surface area contributed by atoms with Gasteiger partial charge in [0.15, 0.2) is 0 Å². The minimum atomic E-state index is -3.83. The smallest absolute Gasteiger partial charge is 0.296 e. The summed E-state index contributed by atoms with van der Waals surface area (Å²) in [4.78, 5) is 26.0. The molecule has 0 saturated heterocycles. The Morgan fingerprint density at radius 1 is 1.11 bits per heavy atom. The third-order valence-electron chi connectivity index (χ3n) is 5.76. The lowest BCUT2D eigenvalue weighted by molar-refractivity contribution is 0.0989. The van der Waals surface area contributed by atoms with E-state index in [4.69, 9.17) is 4.18 Å². The Hall–Kier alpha value is -3.50. The number of hydrogen-bond donors (Lipinski definition) is 1. The molecular weight excluding hydrogens is 466 g/mol. The molecule has 9 nitrogen and oxygen atoms in total. The van der Waals surface area contributed by atoms with Crippen LogP contribution >= 0.6 is 0 Å². The van der Waals surface area contributed by atoms with Gasteiger partial charge in [0.25, 0.3) is 16.0 Å². The van der Waals surface area contributed by atoms with Gasteiger partial charge in [0.05, 0.1) is 11.5 Å². The number of nitrogens with one attached hydrogen (secondary N) is 1. The summed E-state index contributed by atoms with van der Waals surface area (Å²) < 4.78 is 30.1. The molecule has 3 aromatic rings. The average Bonchev–Trinajstić information content (AvgIpc) is 2.96. The molecule has 4 rings (SSSR count). The first kappa shape index (κ1) is 24.6. The minimum absolute atomic E-state index is 0.000224. The van der Waals surface area contributed by atoms with Crippen LogP contribution in [0.1, 0.15) is 28.4 Å². The van der Waals surface area contributed by atoms with E-state index >= 15 is 0 Å². The lowest BCUT2D eigenvalue weighted by Gasteiger charge is -2.21. The number of carbonyl (C=O) groups is 1. The quantitative estimate of drug-likeness (QED) is 0.475. The molecule has 0 saturated carbocycles. The van der Waals surface area contributed by atoms with E-state index in [2.05, 4.69) is 15.3 Å². The summed E-state index contributed by atoms with van der Waals surface area (Å²) in [6.45, 7) is 5.62. The van der Waals surface area contributed by atoms with Gasteiger partial charge in [-0.3, -0.25) is 8.98 Å². The molecule has 0 fully saturated rings. The molecule has 0 atom stereocenters. The van der Waals surface area contributed by atoms with Crippen LogP contribution in [0, 0.1) is 6.92 Å². The van der Waals surface area contributed by atoms with Crippen molar-refractivity contribution in [2.75, 3.05) is 48.4 Å². The predicted molar refractivity (Wildman–Crippen MR) is 136 cm³/mol. The van der Waals surface area contributed by atoms with E-state index in [-0.39, 0.29) is 17.4 Å². The zero-order valence-electron chi connectivity index (χ0n) is 20.1. The molecule has 1 aliphatic rings. The summed E-state index contributed by atoms with van der Waals surface area (Å²) in [6, 6.07) is 14.0. The van der Waals surface area contributed by atoms with Crippen molar-refractivity contribution in [1.82, 2.24) is 9.97 Å². The Bertz CT molecular complexity index is 1310. The minimum Gasteiger partial charge on any atom is -0.357 e. The second-order valence-corrected chi connectivity index (χ2v) is 9.96. The molecule has 0 spiro atoms. The molecule has 0 aliphatic carbocycles. The maximum atomic E-state index is 13.4. The van der Waals surface area contributed by atoms with Crippen LogP contribution < -0.4 is 15.1 Å². The lowest BCUT2D eigenvalue weighted by Crippen LogP contribution is -2.33. The lowest BCUT2D eigenvalue weighted by atomic mass is 10.1. The predicted octanol–water partition coefficient (Wildman–Crippen LogP) is 3.26. The van der Waals surface area contributed by atoms with Gasteiger partial charge < -0.3 is 15.1 Å². The molecule has 2 heterocycles. The van der Waals surface area contributed by atoms with Crippen LogP contribution in [0.3, 0.4) is 0 Å². The number of rotatable bonds is 8. The van der Waals surface area contributed by atoms with E-state index in [1.54, 1.807) is 23.2 Å². The highest BCUT2D eigenvalue weighted by Crippen LogP contribution is 2.27. The van der Waals surface area contributed by atoms with Gasteiger partial charge >= 0.3 is 0 Å². The number of aryl methyl sites for hydroxylation is 1. The first-order chi connectivity index (χ1) is 16.8. The van der Waals surface area contributed by atoms with Gasteiger partial charge in [-0.2, -0.15) is 13.4 Å². The molecule has 35 heavy (non-hydrogen) atoms. The summed E-state index contributed by atoms with van der Waals surface area (Å²) >= 11 is 0. The number of nitrogens with zero attached hydrogens (tertiary/aromatic N) is 4. The fraction of sp³-hybridized carbons (Fsp3) is 0.320. The zero-order chi connectivity index (χ0) is 25.0. The number of benzene rings is 2. The number of aromatic nitrogens is 2. The van der Waals surface area contributed by atoms with E-state index in [0.29, 0.717) is 43.4 Å². The molecule has 2 aromatic carbocycles. The maximum Gasteiger partial charge on any atom is 0.296 e. The molecule has 0 unspecified atom stereocenters. The van der Waals surface area contributed by atoms with Crippen molar-refractivity contribution in [3.05, 3.63) is 71.4 Å². The molecule has 1 aliphatic heterocycles. The van der Waals surface area contributed by atoms with Gasteiger partial charge in [-0.25, -0.2) is 4.98 Å². The molecule has 0 bridgehead atoms. The highest BCUT2D eigenvalue weighted by molar-refractivity contribution is 7.86. The second-order valence-electron chi connectivity index (χ2n) is 8.35. The molecule has 1 amide bonds. The second kappa shape index (κ2) is 10.4. The number of hydrogen-bond acceptors (Lipinski definition) is 8. The largest absolute Gasteiger partial charge is 0.357 e. The summed E-state index contributed by atoms with van der Waals surface area (Å²) in [6.07, 6.45) is 1.94. The van der Waals surface area contributed by atoms with Gasteiger partial charge in [0, 0.05) is 38.6 Å². The molecule has 0 radical (unpaired) electrons. The van der Waals surface area contributed by atoms with E-state index in [9.17, 15) is 13.2 Å². The van der Waals surface area contributed by atoms with E-state index in [1.165, 1.54) is 12.1 Å². The van der Waals surface area contributed by atoms with Crippen LogP contribution in [-0.4, -0.2) is 57.6 Å². The van der Waals surface area contributed by atoms with Crippen LogP contribution in [-0.2, 0) is 20.7 Å². The van der Waals surface area contributed by atoms with Crippen molar-refractivity contribution in [2.24, 2.45) is 0 Å². The zero-order valence-corrected chi connectivity index (χ0v) is 20.9. The Balaban J connectivity index is 1.48. The first-order valence-corrected chi connectivity index (χ1v) is 12.9. The van der Waals surface area contributed by atoms with Crippen LogP contribution in [0.5, 0.6) is 0 Å². The highest BCUT2D eigenvalue weighted by Gasteiger charge is 2.28. The van der Waals surface area contributed by atoms with Crippen LogP contribution in [0.15, 0.2) is 59.6 Å². The topological polar surface area (TPSA) is 105 Å². The highest BCUT2D eigenvalue weighted by atomic mass is 32.2. The fourth-order valence-electron chi connectivity index (χ4n) is 3.83. The van der Waals surface area contributed by atoms with Crippen molar-refractivity contribution >= 4 is 33.5 Å². The summed E-state index contributed by atoms with van der Waals surface area (Å²) in [5.41, 5.74) is 3.00. The van der Waals surface area contributed by atoms with Gasteiger partial charge in [0.2, 0.25) is 5.95 Å². The Kier molecular flexibility index (Phi) is 7.32. The number of fused-ring (bicyclic) bond motifs is 1. The molecule has 1 N–H and O–H groups in total. The van der Waals surface area contributed by atoms with Gasteiger partial charge in [-0.05, 0) is 50.1 Å². The number of likely N-dealkylation sites (N-methyl/N-ethyl adjacent to an activating group) is 1. The van der Waals surface area contributed by atoms with Gasteiger partial charge in [-0.15, -0.1) is 0 Å². The third kappa shape index (κ3) is 5.60. The van der Waals surface area contributed by atoms with E-state index in [0.717, 1.165) is 16.8 Å². The Morgan fingerprint density at radius 2 is 1.89 bits per heavy atom. The van der Waals surface area contributed by atoms with Crippen molar-refractivity contribution in [1.29, 1.82) is 0 Å². The Labute approximate surface area is 205 Å². The van der Waals surface area contributed by atoms with Crippen molar-refractivity contribution in [2.45, 2.75) is 25.2 Å². The average molecular weight is 496 g/mol. The van der Waals surface area contributed by atoms with Gasteiger partial charge in [0.1, 0.15) is 11.4 Å². The standard InChI is InChI=1S/C25H29N5O4S/c1-4-26-25-27-17-22-23(28-25)29(3)13-14-30(24(22)31)20-7-5-6-19(16-20)12-15-34-35(32,33)21-10-8-18(2)9-11-21/h5-11,16-17H,4,12-15H2,1-3H3,(H,26,27,28). The summed E-state index contributed by atoms with van der Waals surface area (Å²) in [5.74, 6) is 0.902. The van der Waals surface area contributed by atoms with Crippen LogP contribution in [0.25, 0.3) is 0 Å². The number of anilines is 3. The molecule has 1 aromatic heterocycles. The molecule has 184 valence electrons. The summed E-state index contributed by atoms with van der Waals surface area (Å²) in [7, 11) is -1.92. The van der Waals surface area contributed by atoms with E-state index in [1.807, 2.05) is 50.1 Å². The summed E-state index contributed by atoms with van der Waals surface area (Å²) in [5, 5.41) is 3.08. The molecule has 10 heteroatoms. The SMILES string of the molecule is CCNc1ncc2c(n1)N(C)CCN(c1cccc(CCOS(=O)(=O)c3ccc(C)cc3)c1)C2=O. The number of carbonyl (C=O) groups excluding carboxylic acids is 1. The monoisotopic (exact) mass is 495 g/mol. The van der Waals surface area contributed by atoms with Gasteiger partial charge in [-0.1, -0.05) is 29.8 Å². The molecular formula is C25H29N5O4S. The van der Waals surface area contributed by atoms with Crippen LogP contribution in [0.2, 0.25) is 0 Å². The fourth-order valence-corrected chi connectivity index (χ4v) is 4.74. The van der Waals surface area contributed by atoms with Crippen molar-refractivity contribution in [3.63, 3.8) is 0 Å². The third-order valence-corrected chi connectivity index (χ3v) is 7.09. The van der Waals surface area contributed by atoms with Crippen LogP contribution in [0.4, 0.5) is 17.5 Å². The maximum absolute atomic E-state index is 13.4. The van der Waals surface area contributed by atoms with Crippen molar-refractivity contribution in [3.8, 4) is 0 Å². The van der Waals surface area contributed by atoms with E-state index < -0.39 is 10.1 Å². The first-order valence-electron chi connectivity index (χ1n) is 11.5. The Morgan fingerprint density at radius 3 is 2.63 bits per heavy atom.